The van der Waals surface area contributed by atoms with Crippen molar-refractivity contribution in [1.29, 1.82) is 0 Å². The standard InChI is InChI=1S/C20H22N4O/c1-20(2,3)18-16(13-23-24-18)12-22-19(25)15-9-7-14(8-10-15)17-6-4-5-11-21-17/h4-11,13H,12H2,1-3H3,(H,22,25)(H,23,24). The Morgan fingerprint density at radius 2 is 1.88 bits per heavy atom. The lowest BCUT2D eigenvalue weighted by Crippen LogP contribution is -2.24. The maximum atomic E-state index is 12.4. The Hall–Kier alpha value is -2.95. The highest BCUT2D eigenvalue weighted by Crippen LogP contribution is 2.23. The smallest absolute Gasteiger partial charge is 0.251 e. The number of carbonyl (C=O) groups is 1. The third-order valence-corrected chi connectivity index (χ3v) is 3.98. The van der Waals surface area contributed by atoms with Gasteiger partial charge < -0.3 is 5.32 Å². The molecule has 0 unspecified atom stereocenters. The third-order valence-electron chi connectivity index (χ3n) is 3.98. The third kappa shape index (κ3) is 3.94. The quantitative estimate of drug-likeness (QED) is 0.764. The van der Waals surface area contributed by atoms with Crippen LogP contribution in [0, 0.1) is 0 Å². The lowest BCUT2D eigenvalue weighted by Gasteiger charge is -2.17. The first-order chi connectivity index (χ1) is 11.9. The van der Waals surface area contributed by atoms with Crippen molar-refractivity contribution >= 4 is 5.91 Å². The van der Waals surface area contributed by atoms with Gasteiger partial charge in [-0.3, -0.25) is 14.9 Å². The molecule has 1 amide bonds. The van der Waals surface area contributed by atoms with Gasteiger partial charge >= 0.3 is 0 Å². The average molecular weight is 334 g/mol. The molecule has 0 aliphatic rings. The van der Waals surface area contributed by atoms with Crippen molar-refractivity contribution in [3.8, 4) is 11.3 Å². The number of H-pyrrole nitrogens is 1. The van der Waals surface area contributed by atoms with E-state index in [1.807, 2.05) is 48.7 Å². The molecule has 0 bridgehead atoms. The summed E-state index contributed by atoms with van der Waals surface area (Å²) in [7, 11) is 0. The molecular formula is C20H22N4O. The van der Waals surface area contributed by atoms with E-state index < -0.39 is 0 Å². The van der Waals surface area contributed by atoms with E-state index in [4.69, 9.17) is 0 Å². The van der Waals surface area contributed by atoms with Crippen LogP contribution in [-0.2, 0) is 12.0 Å². The molecule has 25 heavy (non-hydrogen) atoms. The van der Waals surface area contributed by atoms with Crippen LogP contribution in [0.1, 0.15) is 42.4 Å². The maximum Gasteiger partial charge on any atom is 0.251 e. The fourth-order valence-corrected chi connectivity index (χ4v) is 2.70. The first kappa shape index (κ1) is 16.9. The molecular weight excluding hydrogens is 312 g/mol. The van der Waals surface area contributed by atoms with Crippen LogP contribution in [0.25, 0.3) is 11.3 Å². The van der Waals surface area contributed by atoms with E-state index in [-0.39, 0.29) is 11.3 Å². The van der Waals surface area contributed by atoms with E-state index in [1.54, 1.807) is 6.20 Å². The number of amides is 1. The minimum atomic E-state index is -0.103. The fraction of sp³-hybridized carbons (Fsp3) is 0.250. The van der Waals surface area contributed by atoms with Crippen molar-refractivity contribution < 1.29 is 4.79 Å². The van der Waals surface area contributed by atoms with Crippen LogP contribution >= 0.6 is 0 Å². The summed E-state index contributed by atoms with van der Waals surface area (Å²) in [5.74, 6) is -0.103. The molecule has 0 aliphatic carbocycles. The van der Waals surface area contributed by atoms with Gasteiger partial charge in [-0.1, -0.05) is 39.0 Å². The Morgan fingerprint density at radius 3 is 2.52 bits per heavy atom. The maximum absolute atomic E-state index is 12.4. The second kappa shape index (κ2) is 6.89. The number of pyridine rings is 1. The molecule has 3 aromatic rings. The van der Waals surface area contributed by atoms with E-state index in [9.17, 15) is 4.79 Å². The van der Waals surface area contributed by atoms with E-state index in [0.29, 0.717) is 12.1 Å². The van der Waals surface area contributed by atoms with Gasteiger partial charge in [0.1, 0.15) is 0 Å². The predicted molar refractivity (Wildman–Crippen MR) is 98.1 cm³/mol. The summed E-state index contributed by atoms with van der Waals surface area (Å²) in [5.41, 5.74) is 4.42. The van der Waals surface area contributed by atoms with Gasteiger partial charge in [-0.25, -0.2) is 0 Å². The van der Waals surface area contributed by atoms with E-state index in [0.717, 1.165) is 22.5 Å². The Bertz CT molecular complexity index is 845. The Balaban J connectivity index is 1.67. The molecule has 1 aromatic carbocycles. The van der Waals surface area contributed by atoms with Crippen LogP contribution in [0.3, 0.4) is 0 Å². The van der Waals surface area contributed by atoms with Crippen LogP contribution in [0.4, 0.5) is 0 Å². The normalized spacial score (nSPS) is 11.3. The molecule has 5 nitrogen and oxygen atoms in total. The summed E-state index contributed by atoms with van der Waals surface area (Å²) in [6, 6.07) is 13.2. The van der Waals surface area contributed by atoms with Crippen molar-refractivity contribution in [2.45, 2.75) is 32.7 Å². The summed E-state index contributed by atoms with van der Waals surface area (Å²) < 4.78 is 0. The van der Waals surface area contributed by atoms with E-state index in [1.165, 1.54) is 0 Å². The van der Waals surface area contributed by atoms with Crippen molar-refractivity contribution in [1.82, 2.24) is 20.5 Å². The van der Waals surface area contributed by atoms with Crippen LogP contribution < -0.4 is 5.32 Å². The second-order valence-electron chi connectivity index (χ2n) is 6.98. The number of hydrogen-bond acceptors (Lipinski definition) is 3. The summed E-state index contributed by atoms with van der Waals surface area (Å²) in [6.45, 7) is 6.75. The first-order valence-corrected chi connectivity index (χ1v) is 8.28. The predicted octanol–water partition coefficient (Wildman–Crippen LogP) is 3.70. The Labute approximate surface area is 147 Å². The largest absolute Gasteiger partial charge is 0.348 e. The molecule has 128 valence electrons. The van der Waals surface area contributed by atoms with Gasteiger partial charge in [0.25, 0.3) is 5.91 Å². The number of aromatic nitrogens is 3. The van der Waals surface area contributed by atoms with Gasteiger partial charge in [-0.15, -0.1) is 0 Å². The number of nitrogens with one attached hydrogen (secondary N) is 2. The minimum absolute atomic E-state index is 0.0651. The molecule has 0 saturated heterocycles. The van der Waals surface area contributed by atoms with Gasteiger partial charge in [-0.05, 0) is 24.3 Å². The molecule has 0 fully saturated rings. The topological polar surface area (TPSA) is 70.7 Å². The zero-order valence-electron chi connectivity index (χ0n) is 14.7. The zero-order valence-corrected chi connectivity index (χ0v) is 14.7. The lowest BCUT2D eigenvalue weighted by molar-refractivity contribution is 0.0950. The van der Waals surface area contributed by atoms with E-state index >= 15 is 0 Å². The molecule has 2 N–H and O–H groups in total. The van der Waals surface area contributed by atoms with Gasteiger partial charge in [0.15, 0.2) is 0 Å². The number of nitrogens with zero attached hydrogens (tertiary/aromatic N) is 2. The van der Waals surface area contributed by atoms with E-state index in [2.05, 4.69) is 41.3 Å². The molecule has 3 rings (SSSR count). The highest BCUT2D eigenvalue weighted by Gasteiger charge is 2.21. The number of aromatic amines is 1. The number of carbonyl (C=O) groups excluding carboxylic acids is 1. The molecule has 5 heteroatoms. The molecule has 0 radical (unpaired) electrons. The molecule has 0 saturated carbocycles. The number of benzene rings is 1. The number of hydrogen-bond donors (Lipinski definition) is 2. The molecule has 0 atom stereocenters. The van der Waals surface area contributed by atoms with Gasteiger partial charge in [0.2, 0.25) is 0 Å². The van der Waals surface area contributed by atoms with Crippen molar-refractivity contribution in [2.24, 2.45) is 0 Å². The van der Waals surface area contributed by atoms with Crippen molar-refractivity contribution in [3.63, 3.8) is 0 Å². The average Bonchev–Trinajstić information content (AvgIpc) is 3.10. The van der Waals surface area contributed by atoms with Crippen molar-refractivity contribution in [2.75, 3.05) is 0 Å². The summed E-state index contributed by atoms with van der Waals surface area (Å²) in [6.07, 6.45) is 3.60. The van der Waals surface area contributed by atoms with Crippen LogP contribution in [0.5, 0.6) is 0 Å². The Morgan fingerprint density at radius 1 is 1.12 bits per heavy atom. The molecule has 2 heterocycles. The first-order valence-electron chi connectivity index (χ1n) is 8.28. The summed E-state index contributed by atoms with van der Waals surface area (Å²) in [5, 5.41) is 10.1. The minimum Gasteiger partial charge on any atom is -0.348 e. The summed E-state index contributed by atoms with van der Waals surface area (Å²) in [4.78, 5) is 16.7. The zero-order chi connectivity index (χ0) is 17.9. The molecule has 0 aliphatic heterocycles. The van der Waals surface area contributed by atoms with Crippen molar-refractivity contribution in [3.05, 3.63) is 71.7 Å². The van der Waals surface area contributed by atoms with Gasteiger partial charge in [-0.2, -0.15) is 5.10 Å². The Kier molecular flexibility index (Phi) is 4.65. The highest BCUT2D eigenvalue weighted by atomic mass is 16.1. The number of rotatable bonds is 4. The van der Waals surface area contributed by atoms with Crippen LogP contribution in [0.15, 0.2) is 54.9 Å². The fourth-order valence-electron chi connectivity index (χ4n) is 2.70. The summed E-state index contributed by atoms with van der Waals surface area (Å²) >= 11 is 0. The van der Waals surface area contributed by atoms with Gasteiger partial charge in [0, 0.05) is 41.0 Å². The monoisotopic (exact) mass is 334 g/mol. The van der Waals surface area contributed by atoms with Crippen LogP contribution in [-0.4, -0.2) is 21.1 Å². The molecule has 2 aromatic heterocycles. The van der Waals surface area contributed by atoms with Crippen LogP contribution in [0.2, 0.25) is 0 Å². The lowest BCUT2D eigenvalue weighted by atomic mass is 9.89. The van der Waals surface area contributed by atoms with Gasteiger partial charge in [0.05, 0.1) is 11.4 Å². The SMILES string of the molecule is CC(C)(C)c1n[nH]cc1CNC(=O)c1ccc(-c2ccccn2)cc1. The second-order valence-corrected chi connectivity index (χ2v) is 6.98. The highest BCUT2D eigenvalue weighted by molar-refractivity contribution is 5.94. The molecule has 0 spiro atoms.